The van der Waals surface area contributed by atoms with E-state index < -0.39 is 0 Å². The molecule has 0 amide bonds. The summed E-state index contributed by atoms with van der Waals surface area (Å²) in [7, 11) is 0. The molecule has 0 saturated heterocycles. The summed E-state index contributed by atoms with van der Waals surface area (Å²) in [5, 5.41) is 0. The summed E-state index contributed by atoms with van der Waals surface area (Å²) in [6.07, 6.45) is 5.42. The zero-order valence-corrected chi connectivity index (χ0v) is 14.1. The molecule has 0 fully saturated rings. The average molecular weight is 367 g/mol. The molecule has 1 unspecified atom stereocenters. The molecule has 0 heterocycles. The summed E-state index contributed by atoms with van der Waals surface area (Å²) in [5.74, 6) is 0. The number of fused-ring (bicyclic) bond motifs is 2. The average Bonchev–Trinajstić information content (AvgIpc) is 2.59. The van der Waals surface area contributed by atoms with E-state index in [0.29, 0.717) is 0 Å². The molecular weight excluding hydrogens is 354 g/mol. The van der Waals surface area contributed by atoms with Crippen LogP contribution in [0.5, 0.6) is 0 Å². The van der Waals surface area contributed by atoms with Gasteiger partial charge in [-0.25, -0.2) is 0 Å². The Morgan fingerprint density at radius 2 is 1.76 bits per heavy atom. The minimum atomic E-state index is 0. The third kappa shape index (κ3) is 3.18. The first kappa shape index (κ1) is 17.7. The molecule has 1 aromatic carbocycles. The molecule has 3 rings (SSSR count). The van der Waals surface area contributed by atoms with E-state index in [1.54, 1.807) is 47.0 Å². The van der Waals surface area contributed by atoms with Crippen molar-refractivity contribution < 1.29 is 61.9 Å². The molecule has 1 atom stereocenters. The van der Waals surface area contributed by atoms with Crippen LogP contribution in [0.4, 0.5) is 0 Å². The Morgan fingerprint density at radius 3 is 2.53 bits per heavy atom. The fourth-order valence-corrected chi connectivity index (χ4v) is 3.92. The van der Waals surface area contributed by atoms with Gasteiger partial charge in [-0.2, -0.15) is 0 Å². The Labute approximate surface area is 137 Å². The summed E-state index contributed by atoms with van der Waals surface area (Å²) >= 11 is 1.71. The third-order valence-corrected chi connectivity index (χ3v) is 5.02. The maximum atomic E-state index is 2.31. The molecule has 0 aliphatic heterocycles. The van der Waals surface area contributed by atoms with Crippen LogP contribution in [-0.4, -0.2) is 0 Å². The van der Waals surface area contributed by atoms with E-state index in [2.05, 4.69) is 24.3 Å². The zero-order valence-electron chi connectivity index (χ0n) is 9.35. The van der Waals surface area contributed by atoms with Crippen LogP contribution in [0.1, 0.15) is 30.4 Å². The van der Waals surface area contributed by atoms with Crippen molar-refractivity contribution in [3.05, 3.63) is 41.0 Å². The predicted octanol–water partition coefficient (Wildman–Crippen LogP) is -5.47. The van der Waals surface area contributed by atoms with Gasteiger partial charge in [0.2, 0.25) is 0 Å². The number of allylic oxidation sites excluding steroid dienone is 2. The fraction of sp³-hybridized carbons (Fsp3) is 0.385. The molecule has 0 aromatic heterocycles. The first-order valence-corrected chi connectivity index (χ1v) is 6.79. The van der Waals surface area contributed by atoms with Gasteiger partial charge in [0, 0.05) is 0 Å². The zero-order chi connectivity index (χ0) is 9.54. The van der Waals surface area contributed by atoms with Crippen molar-refractivity contribution in [1.29, 1.82) is 0 Å². The van der Waals surface area contributed by atoms with Crippen molar-refractivity contribution in [2.75, 3.05) is 0 Å². The van der Waals surface area contributed by atoms with Gasteiger partial charge >= 0.3 is 101 Å². The topological polar surface area (TPSA) is 0 Å². The van der Waals surface area contributed by atoms with E-state index in [1.165, 1.54) is 25.7 Å². The Balaban J connectivity index is 0.000000853. The Bertz CT molecular complexity index is 415. The number of hydrogen-bond acceptors (Lipinski definition) is 0. The minimum absolute atomic E-state index is 0. The molecule has 0 spiro atoms. The summed E-state index contributed by atoms with van der Waals surface area (Å²) in [4.78, 5) is 0. The molecule has 1 aromatic rings. The SMILES string of the molecule is [Cl-].[Cl-].[Cl-].[Zr+3][CH]1CCCC2=C1Cc1ccccc12. The van der Waals surface area contributed by atoms with Gasteiger partial charge in [-0.05, 0) is 0 Å². The molecule has 90 valence electrons. The van der Waals surface area contributed by atoms with Gasteiger partial charge in [0.15, 0.2) is 0 Å². The quantitative estimate of drug-likeness (QED) is 0.430. The number of rotatable bonds is 0. The maximum absolute atomic E-state index is 2.31. The van der Waals surface area contributed by atoms with E-state index >= 15 is 0 Å². The van der Waals surface area contributed by atoms with Crippen LogP contribution >= 0.6 is 0 Å². The molecule has 2 aliphatic rings. The van der Waals surface area contributed by atoms with Gasteiger partial charge in [-0.15, -0.1) is 0 Å². The van der Waals surface area contributed by atoms with E-state index in [1.807, 2.05) is 0 Å². The molecule has 0 saturated carbocycles. The predicted molar refractivity (Wildman–Crippen MR) is 54.7 cm³/mol. The summed E-state index contributed by atoms with van der Waals surface area (Å²) in [6.45, 7) is 0. The second-order valence-corrected chi connectivity index (χ2v) is 6.00. The monoisotopic (exact) mass is 364 g/mol. The third-order valence-electron chi connectivity index (χ3n) is 3.45. The van der Waals surface area contributed by atoms with Crippen LogP contribution in [0.3, 0.4) is 0 Å². The van der Waals surface area contributed by atoms with Crippen LogP contribution in [0, 0.1) is 0 Å². The summed E-state index contributed by atoms with van der Waals surface area (Å²) in [6, 6.07) is 8.97. The normalized spacial score (nSPS) is 20.5. The van der Waals surface area contributed by atoms with Gasteiger partial charge < -0.3 is 37.2 Å². The van der Waals surface area contributed by atoms with Gasteiger partial charge in [-0.1, -0.05) is 0 Å². The second kappa shape index (κ2) is 7.34. The number of hydrogen-bond donors (Lipinski definition) is 0. The molecule has 17 heavy (non-hydrogen) atoms. The van der Waals surface area contributed by atoms with Crippen molar-refractivity contribution in [2.45, 2.75) is 29.3 Å². The van der Waals surface area contributed by atoms with Gasteiger partial charge in [0.1, 0.15) is 0 Å². The Morgan fingerprint density at radius 1 is 1.06 bits per heavy atom. The van der Waals surface area contributed by atoms with Crippen molar-refractivity contribution in [1.82, 2.24) is 0 Å². The fourth-order valence-electron chi connectivity index (χ4n) is 2.74. The van der Waals surface area contributed by atoms with Crippen LogP contribution < -0.4 is 37.2 Å². The van der Waals surface area contributed by atoms with E-state index in [0.717, 1.165) is 3.63 Å². The standard InChI is InChI=1S/C13H13.3ClH.Zr/c1-3-7-12-10(5-1)9-11-6-2-4-8-13(11)12;;;;/h1,3,5-7H,2,4,8-9H2;3*1H;/q;;;;+3/p-3. The molecule has 0 N–H and O–H groups in total. The van der Waals surface area contributed by atoms with Crippen molar-refractivity contribution in [3.63, 3.8) is 0 Å². The van der Waals surface area contributed by atoms with Crippen molar-refractivity contribution in [3.8, 4) is 0 Å². The molecule has 0 radical (unpaired) electrons. The molecule has 2 aliphatic carbocycles. The second-order valence-electron chi connectivity index (χ2n) is 4.28. The molecule has 4 heteroatoms. The van der Waals surface area contributed by atoms with Gasteiger partial charge in [0.05, 0.1) is 0 Å². The summed E-state index contributed by atoms with van der Waals surface area (Å²) < 4.78 is 0.915. The first-order valence-electron chi connectivity index (χ1n) is 5.37. The Hall–Kier alpha value is 0.713. The van der Waals surface area contributed by atoms with E-state index in [4.69, 9.17) is 0 Å². The number of benzene rings is 1. The van der Waals surface area contributed by atoms with Crippen LogP contribution in [0.25, 0.3) is 5.57 Å². The Kier molecular flexibility index (Phi) is 7.65. The van der Waals surface area contributed by atoms with Gasteiger partial charge in [0.25, 0.3) is 0 Å². The first-order chi connectivity index (χ1) is 6.86. The number of halogens is 3. The van der Waals surface area contributed by atoms with Crippen LogP contribution in [0.2, 0.25) is 3.63 Å². The van der Waals surface area contributed by atoms with Gasteiger partial charge in [-0.3, -0.25) is 0 Å². The van der Waals surface area contributed by atoms with E-state index in [-0.39, 0.29) is 37.2 Å². The van der Waals surface area contributed by atoms with Crippen molar-refractivity contribution >= 4 is 5.57 Å². The molecular formula is C13H13Cl3Zr. The summed E-state index contributed by atoms with van der Waals surface area (Å²) in [5.41, 5.74) is 6.62. The molecule has 0 bridgehead atoms. The van der Waals surface area contributed by atoms with Crippen molar-refractivity contribution in [2.24, 2.45) is 0 Å². The van der Waals surface area contributed by atoms with Crippen LogP contribution in [0.15, 0.2) is 29.8 Å². The molecule has 0 nitrogen and oxygen atoms in total. The van der Waals surface area contributed by atoms with E-state index in [9.17, 15) is 0 Å². The van der Waals surface area contributed by atoms with Crippen LogP contribution in [-0.2, 0) is 31.1 Å².